The molecule has 0 radical (unpaired) electrons. The van der Waals surface area contributed by atoms with E-state index < -0.39 is 0 Å². The highest BCUT2D eigenvalue weighted by Gasteiger charge is 2.27. The Morgan fingerprint density at radius 3 is 2.65 bits per heavy atom. The lowest BCUT2D eigenvalue weighted by Crippen LogP contribution is -2.52. The molecule has 0 aromatic heterocycles. The van der Waals surface area contributed by atoms with Gasteiger partial charge in [-0.3, -0.25) is 4.90 Å². The summed E-state index contributed by atoms with van der Waals surface area (Å²) < 4.78 is 0. The topological polar surface area (TPSA) is 15.3 Å². The van der Waals surface area contributed by atoms with Crippen LogP contribution >= 0.6 is 0 Å². The van der Waals surface area contributed by atoms with Crippen LogP contribution < -0.4 is 5.32 Å². The van der Waals surface area contributed by atoms with Crippen LogP contribution in [0, 0.1) is 5.92 Å². The molecule has 0 bridgehead atoms. The average Bonchev–Trinajstić information content (AvgIpc) is 2.36. The largest absolute Gasteiger partial charge is 0.313 e. The summed E-state index contributed by atoms with van der Waals surface area (Å²) in [4.78, 5) is 2.74. The highest BCUT2D eigenvalue weighted by molar-refractivity contribution is 4.85. The minimum absolute atomic E-state index is 0.652. The van der Waals surface area contributed by atoms with Crippen LogP contribution in [0.25, 0.3) is 0 Å². The fraction of sp³-hybridized carbons (Fsp3) is 1.00. The first-order valence-corrected chi connectivity index (χ1v) is 7.66. The van der Waals surface area contributed by atoms with E-state index in [4.69, 9.17) is 0 Å². The Labute approximate surface area is 108 Å². The van der Waals surface area contributed by atoms with Gasteiger partial charge in [-0.15, -0.1) is 0 Å². The number of piperidine rings is 1. The lowest BCUT2D eigenvalue weighted by atomic mass is 9.94. The predicted molar refractivity (Wildman–Crippen MR) is 76.4 cm³/mol. The molecule has 1 fully saturated rings. The van der Waals surface area contributed by atoms with E-state index in [1.807, 2.05) is 0 Å². The zero-order chi connectivity index (χ0) is 12.7. The first kappa shape index (κ1) is 15.0. The molecule has 0 aromatic rings. The van der Waals surface area contributed by atoms with Gasteiger partial charge in [-0.2, -0.15) is 0 Å². The lowest BCUT2D eigenvalue weighted by Gasteiger charge is -2.40. The third-order valence-corrected chi connectivity index (χ3v) is 4.20. The highest BCUT2D eigenvalue weighted by Crippen LogP contribution is 2.21. The fourth-order valence-corrected chi connectivity index (χ4v) is 2.85. The van der Waals surface area contributed by atoms with Gasteiger partial charge in [0.25, 0.3) is 0 Å². The molecule has 102 valence electrons. The molecule has 0 aromatic carbocycles. The van der Waals surface area contributed by atoms with Crippen molar-refractivity contribution in [1.82, 2.24) is 10.2 Å². The average molecular weight is 240 g/mol. The summed E-state index contributed by atoms with van der Waals surface area (Å²) in [5.41, 5.74) is 0. The molecule has 1 aliphatic rings. The van der Waals surface area contributed by atoms with Crippen LogP contribution in [-0.4, -0.2) is 36.6 Å². The monoisotopic (exact) mass is 240 g/mol. The maximum Gasteiger partial charge on any atom is 0.0246 e. The summed E-state index contributed by atoms with van der Waals surface area (Å²) in [5.74, 6) is 0.842. The second-order valence-corrected chi connectivity index (χ2v) is 5.81. The third kappa shape index (κ3) is 4.97. The van der Waals surface area contributed by atoms with Crippen molar-refractivity contribution in [3.8, 4) is 0 Å². The number of nitrogens with one attached hydrogen (secondary N) is 1. The van der Waals surface area contributed by atoms with Crippen LogP contribution in [-0.2, 0) is 0 Å². The van der Waals surface area contributed by atoms with Gasteiger partial charge in [0, 0.05) is 18.6 Å². The van der Waals surface area contributed by atoms with Crippen molar-refractivity contribution < 1.29 is 0 Å². The molecular weight excluding hydrogens is 208 g/mol. The van der Waals surface area contributed by atoms with E-state index in [2.05, 4.69) is 37.9 Å². The Kier molecular flexibility index (Phi) is 7.14. The molecule has 1 heterocycles. The first-order chi connectivity index (χ1) is 8.19. The van der Waals surface area contributed by atoms with E-state index in [1.165, 1.54) is 45.2 Å². The molecule has 0 aliphatic carbocycles. The molecule has 2 heteroatoms. The van der Waals surface area contributed by atoms with E-state index in [9.17, 15) is 0 Å². The maximum atomic E-state index is 3.68. The van der Waals surface area contributed by atoms with Gasteiger partial charge in [-0.25, -0.2) is 0 Å². The molecule has 0 spiro atoms. The van der Waals surface area contributed by atoms with Gasteiger partial charge in [0.1, 0.15) is 0 Å². The highest BCUT2D eigenvalue weighted by atomic mass is 15.2. The molecule has 0 amide bonds. The van der Waals surface area contributed by atoms with Crippen molar-refractivity contribution in [3.05, 3.63) is 0 Å². The van der Waals surface area contributed by atoms with E-state index in [0.29, 0.717) is 6.04 Å². The van der Waals surface area contributed by atoms with Gasteiger partial charge in [-0.05, 0) is 45.2 Å². The standard InChI is InChI=1S/C15H32N2/c1-5-10-16-14(4)15-9-7-8-11-17(15)12-13(3)6-2/h13-16H,5-12H2,1-4H3. The van der Waals surface area contributed by atoms with Crippen molar-refractivity contribution in [2.24, 2.45) is 5.92 Å². The maximum absolute atomic E-state index is 3.68. The first-order valence-electron chi connectivity index (χ1n) is 7.66. The molecule has 0 saturated carbocycles. The molecular formula is C15H32N2. The fourth-order valence-electron chi connectivity index (χ4n) is 2.85. The Morgan fingerprint density at radius 1 is 1.24 bits per heavy atom. The molecule has 3 unspecified atom stereocenters. The van der Waals surface area contributed by atoms with Crippen LogP contribution in [0.5, 0.6) is 0 Å². The van der Waals surface area contributed by atoms with Gasteiger partial charge in [0.05, 0.1) is 0 Å². The number of likely N-dealkylation sites (tertiary alicyclic amines) is 1. The second kappa shape index (κ2) is 8.10. The molecule has 17 heavy (non-hydrogen) atoms. The van der Waals surface area contributed by atoms with Gasteiger partial charge in [0.15, 0.2) is 0 Å². The number of rotatable bonds is 7. The van der Waals surface area contributed by atoms with E-state index >= 15 is 0 Å². The summed E-state index contributed by atoms with van der Waals surface area (Å²) in [6.07, 6.45) is 6.74. The summed E-state index contributed by atoms with van der Waals surface area (Å²) in [7, 11) is 0. The minimum Gasteiger partial charge on any atom is -0.313 e. The van der Waals surface area contributed by atoms with Crippen molar-refractivity contribution in [3.63, 3.8) is 0 Å². The van der Waals surface area contributed by atoms with Crippen LogP contribution in [0.4, 0.5) is 0 Å². The van der Waals surface area contributed by atoms with Crippen molar-refractivity contribution in [1.29, 1.82) is 0 Å². The number of hydrogen-bond donors (Lipinski definition) is 1. The molecule has 3 atom stereocenters. The lowest BCUT2D eigenvalue weighted by molar-refractivity contribution is 0.102. The number of nitrogens with zero attached hydrogens (tertiary/aromatic N) is 1. The van der Waals surface area contributed by atoms with Crippen LogP contribution in [0.3, 0.4) is 0 Å². The molecule has 1 N–H and O–H groups in total. The molecule has 1 aliphatic heterocycles. The summed E-state index contributed by atoms with van der Waals surface area (Å²) in [6.45, 7) is 13.1. The van der Waals surface area contributed by atoms with Gasteiger partial charge in [0.2, 0.25) is 0 Å². The quantitative estimate of drug-likeness (QED) is 0.735. The normalized spacial score (nSPS) is 25.8. The Balaban J connectivity index is 2.46. The van der Waals surface area contributed by atoms with Crippen LogP contribution in [0.2, 0.25) is 0 Å². The van der Waals surface area contributed by atoms with Crippen molar-refractivity contribution >= 4 is 0 Å². The zero-order valence-corrected chi connectivity index (χ0v) is 12.3. The van der Waals surface area contributed by atoms with Crippen LogP contribution in [0.1, 0.15) is 59.8 Å². The van der Waals surface area contributed by atoms with Crippen molar-refractivity contribution in [2.45, 2.75) is 71.9 Å². The van der Waals surface area contributed by atoms with E-state index in [-0.39, 0.29) is 0 Å². The molecule has 1 saturated heterocycles. The second-order valence-electron chi connectivity index (χ2n) is 5.81. The Morgan fingerprint density at radius 2 is 2.00 bits per heavy atom. The summed E-state index contributed by atoms with van der Waals surface area (Å²) in [6, 6.07) is 1.42. The SMILES string of the molecule is CCCNC(C)C1CCCCN1CC(C)CC. The summed E-state index contributed by atoms with van der Waals surface area (Å²) in [5, 5.41) is 3.68. The van der Waals surface area contributed by atoms with Crippen LogP contribution in [0.15, 0.2) is 0 Å². The minimum atomic E-state index is 0.652. The predicted octanol–water partition coefficient (Wildman–Crippen LogP) is 3.28. The number of hydrogen-bond acceptors (Lipinski definition) is 2. The van der Waals surface area contributed by atoms with Crippen molar-refractivity contribution in [2.75, 3.05) is 19.6 Å². The molecule has 1 rings (SSSR count). The zero-order valence-electron chi connectivity index (χ0n) is 12.3. The van der Waals surface area contributed by atoms with Gasteiger partial charge in [-0.1, -0.05) is 33.6 Å². The third-order valence-electron chi connectivity index (χ3n) is 4.20. The molecule has 2 nitrogen and oxygen atoms in total. The van der Waals surface area contributed by atoms with E-state index in [0.717, 1.165) is 18.5 Å². The van der Waals surface area contributed by atoms with E-state index in [1.54, 1.807) is 0 Å². The smallest absolute Gasteiger partial charge is 0.0246 e. The van der Waals surface area contributed by atoms with Gasteiger partial charge < -0.3 is 5.32 Å². The summed E-state index contributed by atoms with van der Waals surface area (Å²) >= 11 is 0. The Bertz CT molecular complexity index is 193. The van der Waals surface area contributed by atoms with Gasteiger partial charge >= 0.3 is 0 Å². The Hall–Kier alpha value is -0.0800.